The first-order valence-electron chi connectivity index (χ1n) is 9.30. The molecular formula is C18H24F3N3OS. The van der Waals surface area contributed by atoms with E-state index in [2.05, 4.69) is 15.2 Å². The standard InChI is InChI=1S/C18H24F3N3OS/c19-18(20,21)16-5-4-12(10-22-16)15-11-23-17(26-15)25-14-6-8-24(9-7-14)13-2-1-3-13/h4-5,10,13-15,17,23H,1-3,6-9,11H2. The molecular weight excluding hydrogens is 363 g/mol. The summed E-state index contributed by atoms with van der Waals surface area (Å²) in [5.74, 6) is 0. The minimum absolute atomic E-state index is 0.0739. The second-order valence-corrected chi connectivity index (χ2v) is 8.56. The summed E-state index contributed by atoms with van der Waals surface area (Å²) in [5, 5.41) is 3.40. The van der Waals surface area contributed by atoms with Crippen molar-refractivity contribution in [1.82, 2.24) is 15.2 Å². The minimum atomic E-state index is -4.39. The van der Waals surface area contributed by atoms with Crippen LogP contribution in [-0.4, -0.2) is 47.2 Å². The first-order chi connectivity index (χ1) is 12.5. The quantitative estimate of drug-likeness (QED) is 0.851. The first kappa shape index (κ1) is 18.5. The molecule has 8 heteroatoms. The highest BCUT2D eigenvalue weighted by Crippen LogP contribution is 2.38. The lowest BCUT2D eigenvalue weighted by Crippen LogP contribution is -2.47. The van der Waals surface area contributed by atoms with Gasteiger partial charge in [0.1, 0.15) is 5.69 Å². The van der Waals surface area contributed by atoms with Crippen LogP contribution in [0.4, 0.5) is 13.2 Å². The zero-order chi connectivity index (χ0) is 18.1. The van der Waals surface area contributed by atoms with E-state index < -0.39 is 11.9 Å². The van der Waals surface area contributed by atoms with Gasteiger partial charge in [-0.2, -0.15) is 13.2 Å². The molecule has 4 nitrogen and oxygen atoms in total. The molecule has 144 valence electrons. The third-order valence-corrected chi connectivity index (χ3v) is 6.88. The Morgan fingerprint density at radius 3 is 2.50 bits per heavy atom. The van der Waals surface area contributed by atoms with Crippen LogP contribution in [0.3, 0.4) is 0 Å². The van der Waals surface area contributed by atoms with Gasteiger partial charge < -0.3 is 9.64 Å². The van der Waals surface area contributed by atoms with Gasteiger partial charge in [-0.25, -0.2) is 0 Å². The molecule has 1 aromatic heterocycles. The molecule has 0 spiro atoms. The molecule has 3 heterocycles. The number of rotatable bonds is 4. The van der Waals surface area contributed by atoms with E-state index in [0.717, 1.165) is 43.6 Å². The molecule has 1 N–H and O–H groups in total. The van der Waals surface area contributed by atoms with Gasteiger partial charge in [-0.05, 0) is 37.3 Å². The predicted molar refractivity (Wildman–Crippen MR) is 94.7 cm³/mol. The minimum Gasteiger partial charge on any atom is -0.351 e. The second-order valence-electron chi connectivity index (χ2n) is 7.30. The zero-order valence-corrected chi connectivity index (χ0v) is 15.4. The van der Waals surface area contributed by atoms with Crippen LogP contribution >= 0.6 is 11.8 Å². The van der Waals surface area contributed by atoms with Crippen LogP contribution < -0.4 is 5.32 Å². The zero-order valence-electron chi connectivity index (χ0n) is 14.5. The van der Waals surface area contributed by atoms with E-state index in [4.69, 9.17) is 4.74 Å². The maximum Gasteiger partial charge on any atom is 0.433 e. The fourth-order valence-electron chi connectivity index (χ4n) is 3.79. The molecule has 2 atom stereocenters. The lowest BCUT2D eigenvalue weighted by molar-refractivity contribution is -0.141. The van der Waals surface area contributed by atoms with Crippen molar-refractivity contribution in [1.29, 1.82) is 0 Å². The van der Waals surface area contributed by atoms with Crippen LogP contribution in [0.15, 0.2) is 18.3 Å². The third kappa shape index (κ3) is 4.18. The Balaban J connectivity index is 1.25. The molecule has 3 aliphatic rings. The average molecular weight is 387 g/mol. The molecule has 0 amide bonds. The van der Waals surface area contributed by atoms with Gasteiger partial charge in [0.05, 0.1) is 6.10 Å². The van der Waals surface area contributed by atoms with E-state index in [-0.39, 0.29) is 16.9 Å². The lowest BCUT2D eigenvalue weighted by Gasteiger charge is -2.42. The Morgan fingerprint density at radius 1 is 1.15 bits per heavy atom. The molecule has 0 radical (unpaired) electrons. The van der Waals surface area contributed by atoms with Crippen molar-refractivity contribution in [3.05, 3.63) is 29.6 Å². The first-order valence-corrected chi connectivity index (χ1v) is 10.2. The number of likely N-dealkylation sites (tertiary alicyclic amines) is 1. The number of piperidine rings is 1. The summed E-state index contributed by atoms with van der Waals surface area (Å²) in [6.07, 6.45) is 3.37. The molecule has 0 bridgehead atoms. The summed E-state index contributed by atoms with van der Waals surface area (Å²) in [6.45, 7) is 2.90. The number of nitrogens with zero attached hydrogens (tertiary/aromatic N) is 2. The van der Waals surface area contributed by atoms with E-state index in [9.17, 15) is 13.2 Å². The monoisotopic (exact) mass is 387 g/mol. The SMILES string of the molecule is FC(F)(F)c1ccc(C2CNC(OC3CCN(C4CCC4)CC3)S2)cn1. The van der Waals surface area contributed by atoms with Gasteiger partial charge in [-0.3, -0.25) is 10.3 Å². The van der Waals surface area contributed by atoms with E-state index >= 15 is 0 Å². The smallest absolute Gasteiger partial charge is 0.351 e. The molecule has 1 aliphatic carbocycles. The van der Waals surface area contributed by atoms with Crippen molar-refractivity contribution in [3.63, 3.8) is 0 Å². The number of alkyl halides is 3. The van der Waals surface area contributed by atoms with Gasteiger partial charge in [-0.1, -0.05) is 12.5 Å². The largest absolute Gasteiger partial charge is 0.433 e. The van der Waals surface area contributed by atoms with Crippen LogP contribution in [0.25, 0.3) is 0 Å². The van der Waals surface area contributed by atoms with Gasteiger partial charge in [0.15, 0.2) is 5.56 Å². The average Bonchev–Trinajstić information content (AvgIpc) is 3.03. The highest BCUT2D eigenvalue weighted by Gasteiger charge is 2.34. The van der Waals surface area contributed by atoms with Crippen LogP contribution in [0.5, 0.6) is 0 Å². The van der Waals surface area contributed by atoms with Gasteiger partial charge >= 0.3 is 6.18 Å². The summed E-state index contributed by atoms with van der Waals surface area (Å²) in [5.41, 5.74) is -0.132. The van der Waals surface area contributed by atoms with E-state index in [1.807, 2.05) is 0 Å². The van der Waals surface area contributed by atoms with Crippen molar-refractivity contribution in [3.8, 4) is 0 Å². The van der Waals surface area contributed by atoms with E-state index in [1.54, 1.807) is 11.8 Å². The predicted octanol–water partition coefficient (Wildman–Crippen LogP) is 3.80. The molecule has 2 unspecified atom stereocenters. The van der Waals surface area contributed by atoms with Gasteiger partial charge in [0.25, 0.3) is 0 Å². The number of ether oxygens (including phenoxy) is 1. The fourth-order valence-corrected chi connectivity index (χ4v) is 4.99. The number of hydrogen-bond acceptors (Lipinski definition) is 5. The molecule has 1 saturated carbocycles. The summed E-state index contributed by atoms with van der Waals surface area (Å²) in [6, 6.07) is 3.38. The van der Waals surface area contributed by atoms with Crippen LogP contribution in [-0.2, 0) is 10.9 Å². The number of pyridine rings is 1. The molecule has 2 aliphatic heterocycles. The van der Waals surface area contributed by atoms with Gasteiger partial charge in [0, 0.05) is 37.1 Å². The van der Waals surface area contributed by atoms with Crippen molar-refractivity contribution >= 4 is 11.8 Å². The number of nitrogens with one attached hydrogen (secondary N) is 1. The second kappa shape index (κ2) is 7.66. The van der Waals surface area contributed by atoms with Crippen LogP contribution in [0.1, 0.15) is 48.6 Å². The summed E-state index contributed by atoms with van der Waals surface area (Å²) in [7, 11) is 0. The normalized spacial score (nSPS) is 29.0. The van der Waals surface area contributed by atoms with Crippen molar-refractivity contribution in [2.45, 2.75) is 61.2 Å². The summed E-state index contributed by atoms with van der Waals surface area (Å²) < 4.78 is 44.0. The van der Waals surface area contributed by atoms with E-state index in [1.165, 1.54) is 31.5 Å². The van der Waals surface area contributed by atoms with Crippen LogP contribution in [0, 0.1) is 0 Å². The Labute approximate surface area is 155 Å². The molecule has 1 aromatic rings. The molecule has 3 fully saturated rings. The van der Waals surface area contributed by atoms with Crippen molar-refractivity contribution in [2.75, 3.05) is 19.6 Å². The third-order valence-electron chi connectivity index (χ3n) is 5.59. The van der Waals surface area contributed by atoms with Gasteiger partial charge in [0.2, 0.25) is 0 Å². The molecule has 26 heavy (non-hydrogen) atoms. The molecule has 2 saturated heterocycles. The Kier molecular flexibility index (Phi) is 5.46. The topological polar surface area (TPSA) is 37.4 Å². The Bertz CT molecular complexity index is 601. The highest BCUT2D eigenvalue weighted by molar-refractivity contribution is 8.00. The number of hydrogen-bond donors (Lipinski definition) is 1. The summed E-state index contributed by atoms with van der Waals surface area (Å²) >= 11 is 1.63. The Morgan fingerprint density at radius 2 is 1.92 bits per heavy atom. The number of aromatic nitrogens is 1. The maximum atomic E-state index is 12.6. The van der Waals surface area contributed by atoms with Crippen LogP contribution in [0.2, 0.25) is 0 Å². The fraction of sp³-hybridized carbons (Fsp3) is 0.722. The molecule has 4 rings (SSSR count). The summed E-state index contributed by atoms with van der Waals surface area (Å²) in [4.78, 5) is 6.15. The molecule has 0 aromatic carbocycles. The number of thioether (sulfide) groups is 1. The lowest BCUT2D eigenvalue weighted by atomic mass is 9.90. The van der Waals surface area contributed by atoms with E-state index in [0.29, 0.717) is 6.54 Å². The highest BCUT2D eigenvalue weighted by atomic mass is 32.2. The van der Waals surface area contributed by atoms with Gasteiger partial charge in [-0.15, -0.1) is 11.8 Å². The van der Waals surface area contributed by atoms with Crippen molar-refractivity contribution in [2.24, 2.45) is 0 Å². The Hall–Kier alpha value is -0.830. The van der Waals surface area contributed by atoms with Crippen molar-refractivity contribution < 1.29 is 17.9 Å². The number of halogens is 3. The maximum absolute atomic E-state index is 12.6.